The summed E-state index contributed by atoms with van der Waals surface area (Å²) >= 11 is 0. The molecule has 0 saturated carbocycles. The predicted octanol–water partition coefficient (Wildman–Crippen LogP) is 2.74. The zero-order valence-corrected chi connectivity index (χ0v) is 11.1. The van der Waals surface area contributed by atoms with Crippen LogP contribution >= 0.6 is 0 Å². The molecule has 2 saturated heterocycles. The molecule has 0 amide bonds. The first kappa shape index (κ1) is 12.4. The van der Waals surface area contributed by atoms with Crippen LogP contribution in [0.25, 0.3) is 0 Å². The Bertz CT molecular complexity index is 205. The first-order chi connectivity index (χ1) is 7.85. The molecule has 2 rings (SSSR count). The molecule has 0 aromatic rings. The van der Waals surface area contributed by atoms with Crippen molar-refractivity contribution in [1.82, 2.24) is 9.80 Å². The van der Waals surface area contributed by atoms with Crippen LogP contribution in [-0.4, -0.2) is 48.1 Å². The molecule has 0 aliphatic carbocycles. The highest BCUT2D eigenvalue weighted by atomic mass is 15.3. The van der Waals surface area contributed by atoms with E-state index in [1.54, 1.807) is 0 Å². The monoisotopic (exact) mass is 224 g/mol. The van der Waals surface area contributed by atoms with Crippen LogP contribution in [0.15, 0.2) is 0 Å². The second-order valence-corrected chi connectivity index (χ2v) is 5.53. The van der Waals surface area contributed by atoms with Crippen molar-refractivity contribution in [3.63, 3.8) is 0 Å². The number of fused-ring (bicyclic) bond motifs is 1. The van der Waals surface area contributed by atoms with Gasteiger partial charge >= 0.3 is 0 Å². The minimum absolute atomic E-state index is 0.852. The van der Waals surface area contributed by atoms with Crippen molar-refractivity contribution in [2.24, 2.45) is 0 Å². The summed E-state index contributed by atoms with van der Waals surface area (Å²) in [7, 11) is 0. The van der Waals surface area contributed by atoms with Gasteiger partial charge in [-0.05, 0) is 51.7 Å². The van der Waals surface area contributed by atoms with Gasteiger partial charge in [-0.15, -0.1) is 0 Å². The van der Waals surface area contributed by atoms with Gasteiger partial charge in [0, 0.05) is 18.6 Å². The summed E-state index contributed by atoms with van der Waals surface area (Å²) in [6.07, 6.45) is 8.33. The van der Waals surface area contributed by atoms with Gasteiger partial charge in [0.2, 0.25) is 0 Å². The predicted molar refractivity (Wildman–Crippen MR) is 69.8 cm³/mol. The maximum absolute atomic E-state index is 2.79. The Hall–Kier alpha value is -0.0800. The lowest BCUT2D eigenvalue weighted by Gasteiger charge is -2.32. The Morgan fingerprint density at radius 2 is 1.94 bits per heavy atom. The highest BCUT2D eigenvalue weighted by Gasteiger charge is 2.30. The number of rotatable bonds is 4. The van der Waals surface area contributed by atoms with E-state index in [1.807, 2.05) is 0 Å². The van der Waals surface area contributed by atoms with Crippen molar-refractivity contribution >= 4 is 0 Å². The van der Waals surface area contributed by atoms with E-state index in [4.69, 9.17) is 0 Å². The number of hydrogen-bond donors (Lipinski definition) is 0. The Balaban J connectivity index is 1.93. The van der Waals surface area contributed by atoms with Gasteiger partial charge in [-0.2, -0.15) is 0 Å². The Morgan fingerprint density at radius 3 is 2.69 bits per heavy atom. The van der Waals surface area contributed by atoms with Crippen LogP contribution in [-0.2, 0) is 0 Å². The Kier molecular flexibility index (Phi) is 4.66. The summed E-state index contributed by atoms with van der Waals surface area (Å²) in [4.78, 5) is 5.53. The van der Waals surface area contributed by atoms with E-state index in [0.29, 0.717) is 0 Å². The molecule has 2 fully saturated rings. The molecule has 0 N–H and O–H groups in total. The quantitative estimate of drug-likeness (QED) is 0.724. The lowest BCUT2D eigenvalue weighted by atomic mass is 10.1. The highest BCUT2D eigenvalue weighted by molar-refractivity contribution is 4.87. The maximum Gasteiger partial charge on any atom is 0.0223 e. The molecule has 94 valence electrons. The normalized spacial score (nSPS) is 30.0. The van der Waals surface area contributed by atoms with Crippen molar-refractivity contribution in [2.75, 3.05) is 26.2 Å². The second kappa shape index (κ2) is 6.02. The third-order valence-corrected chi connectivity index (χ3v) is 4.44. The van der Waals surface area contributed by atoms with Gasteiger partial charge in [-0.3, -0.25) is 9.80 Å². The van der Waals surface area contributed by atoms with E-state index in [9.17, 15) is 0 Å². The van der Waals surface area contributed by atoms with Crippen molar-refractivity contribution < 1.29 is 0 Å². The molecule has 2 nitrogen and oxygen atoms in total. The van der Waals surface area contributed by atoms with E-state index < -0.39 is 0 Å². The molecule has 16 heavy (non-hydrogen) atoms. The zero-order chi connectivity index (χ0) is 11.4. The lowest BCUT2D eigenvalue weighted by molar-refractivity contribution is 0.160. The second-order valence-electron chi connectivity index (χ2n) is 5.53. The first-order valence-corrected chi connectivity index (χ1v) is 7.33. The summed E-state index contributed by atoms with van der Waals surface area (Å²) in [5.41, 5.74) is 0. The SMILES string of the molecule is CCCC(CC)N1CCCN2CCCC2C1. The van der Waals surface area contributed by atoms with Gasteiger partial charge in [-0.1, -0.05) is 20.3 Å². The van der Waals surface area contributed by atoms with E-state index in [0.717, 1.165) is 12.1 Å². The smallest absolute Gasteiger partial charge is 0.0223 e. The highest BCUT2D eigenvalue weighted by Crippen LogP contribution is 2.24. The van der Waals surface area contributed by atoms with Crippen molar-refractivity contribution in [3.8, 4) is 0 Å². The summed E-state index contributed by atoms with van der Waals surface area (Å²) in [6, 6.07) is 1.74. The third-order valence-electron chi connectivity index (χ3n) is 4.44. The van der Waals surface area contributed by atoms with E-state index in [-0.39, 0.29) is 0 Å². The van der Waals surface area contributed by atoms with E-state index >= 15 is 0 Å². The van der Waals surface area contributed by atoms with Gasteiger partial charge in [0.1, 0.15) is 0 Å². The van der Waals surface area contributed by atoms with Crippen LogP contribution in [0.4, 0.5) is 0 Å². The molecule has 2 atom stereocenters. The summed E-state index contributed by atoms with van der Waals surface area (Å²) in [5.74, 6) is 0. The van der Waals surface area contributed by atoms with Crippen LogP contribution in [0, 0.1) is 0 Å². The average molecular weight is 224 g/mol. The van der Waals surface area contributed by atoms with Crippen molar-refractivity contribution in [3.05, 3.63) is 0 Å². The molecular formula is C14H28N2. The fourth-order valence-electron chi connectivity index (χ4n) is 3.54. The van der Waals surface area contributed by atoms with Gasteiger partial charge in [0.05, 0.1) is 0 Å². The molecule has 0 spiro atoms. The van der Waals surface area contributed by atoms with E-state index in [2.05, 4.69) is 23.6 Å². The summed E-state index contributed by atoms with van der Waals surface area (Å²) in [5, 5.41) is 0. The average Bonchev–Trinajstić information content (AvgIpc) is 2.64. The fraction of sp³-hybridized carbons (Fsp3) is 1.00. The zero-order valence-electron chi connectivity index (χ0n) is 11.1. The Labute approximate surface area is 101 Å². The van der Waals surface area contributed by atoms with Crippen LogP contribution in [0.3, 0.4) is 0 Å². The van der Waals surface area contributed by atoms with Crippen molar-refractivity contribution in [2.45, 2.75) is 64.5 Å². The van der Waals surface area contributed by atoms with Gasteiger partial charge < -0.3 is 0 Å². The first-order valence-electron chi connectivity index (χ1n) is 7.33. The molecule has 0 bridgehead atoms. The number of nitrogens with zero attached hydrogens (tertiary/aromatic N) is 2. The fourth-order valence-corrected chi connectivity index (χ4v) is 3.54. The van der Waals surface area contributed by atoms with E-state index in [1.165, 1.54) is 64.7 Å². The summed E-state index contributed by atoms with van der Waals surface area (Å²) in [6.45, 7) is 10.1. The van der Waals surface area contributed by atoms with Crippen LogP contribution in [0.5, 0.6) is 0 Å². The maximum atomic E-state index is 2.79. The largest absolute Gasteiger partial charge is 0.299 e. The molecule has 0 radical (unpaired) electrons. The number of hydrogen-bond acceptors (Lipinski definition) is 2. The summed E-state index contributed by atoms with van der Waals surface area (Å²) < 4.78 is 0. The molecule has 2 heteroatoms. The molecule has 0 aromatic heterocycles. The van der Waals surface area contributed by atoms with Crippen LogP contribution in [0.1, 0.15) is 52.4 Å². The molecule has 2 aliphatic heterocycles. The lowest BCUT2D eigenvalue weighted by Crippen LogP contribution is -2.41. The molecule has 0 aromatic carbocycles. The standard InChI is InChI=1S/C14H28N2/c1-3-7-13(4-2)16-11-6-10-15-9-5-8-14(15)12-16/h13-14H,3-12H2,1-2H3. The minimum atomic E-state index is 0.852. The van der Waals surface area contributed by atoms with Crippen LogP contribution < -0.4 is 0 Å². The minimum Gasteiger partial charge on any atom is -0.299 e. The molecule has 2 aliphatic rings. The van der Waals surface area contributed by atoms with Crippen LogP contribution in [0.2, 0.25) is 0 Å². The van der Waals surface area contributed by atoms with Gasteiger partial charge in [0.25, 0.3) is 0 Å². The molecule has 2 heterocycles. The van der Waals surface area contributed by atoms with Gasteiger partial charge in [-0.25, -0.2) is 0 Å². The molecule has 2 unspecified atom stereocenters. The van der Waals surface area contributed by atoms with Crippen molar-refractivity contribution in [1.29, 1.82) is 0 Å². The topological polar surface area (TPSA) is 6.48 Å². The van der Waals surface area contributed by atoms with Gasteiger partial charge in [0.15, 0.2) is 0 Å². The Morgan fingerprint density at radius 1 is 1.12 bits per heavy atom. The third kappa shape index (κ3) is 2.78. The molecular weight excluding hydrogens is 196 g/mol.